The summed E-state index contributed by atoms with van der Waals surface area (Å²) in [5.41, 5.74) is 13.4. The molecule has 10 aromatic rings. The Labute approximate surface area is 319 Å². The lowest BCUT2D eigenvalue weighted by Gasteiger charge is -2.11. The van der Waals surface area contributed by atoms with Crippen LogP contribution in [0, 0.1) is 0 Å². The molecule has 4 heteroatoms. The van der Waals surface area contributed by atoms with Gasteiger partial charge in [-0.25, -0.2) is 15.0 Å². The molecule has 55 heavy (non-hydrogen) atoms. The van der Waals surface area contributed by atoms with Crippen LogP contribution in [0.4, 0.5) is 0 Å². The van der Waals surface area contributed by atoms with E-state index in [1.807, 2.05) is 60.7 Å². The number of nitrogens with zero attached hydrogens (tertiary/aromatic N) is 4. The smallest absolute Gasteiger partial charge is 0.164 e. The summed E-state index contributed by atoms with van der Waals surface area (Å²) in [6.45, 7) is 0. The third-order valence-corrected chi connectivity index (χ3v) is 10.3. The average molecular weight is 703 g/mol. The average Bonchev–Trinajstić information content (AvgIpc) is 3.61. The molecule has 0 bridgehead atoms. The first kappa shape index (κ1) is 32.2. The van der Waals surface area contributed by atoms with Gasteiger partial charge in [0.25, 0.3) is 0 Å². The number of fused-ring (bicyclic) bond motifs is 3. The van der Waals surface area contributed by atoms with Crippen LogP contribution < -0.4 is 0 Å². The van der Waals surface area contributed by atoms with Gasteiger partial charge < -0.3 is 4.57 Å². The summed E-state index contributed by atoms with van der Waals surface area (Å²) >= 11 is 0. The standard InChI is InChI=1S/C51H34N4/c1-3-12-40(13-4-1)49-52-50(41-14-5-2-6-15-41)54-51(53-49)43-17-11-16-42(34-43)39-28-26-36(27-29-39)35-22-24-37(25-23-35)38-30-32-44(33-31-38)55-47-20-9-7-18-45(47)46-19-8-10-21-48(46)55/h1-34H. The van der Waals surface area contributed by atoms with Gasteiger partial charge in [0, 0.05) is 33.2 Å². The molecular weight excluding hydrogens is 669 g/mol. The van der Waals surface area contributed by atoms with Crippen molar-refractivity contribution in [1.29, 1.82) is 0 Å². The second kappa shape index (κ2) is 13.8. The van der Waals surface area contributed by atoms with Gasteiger partial charge in [0.1, 0.15) is 0 Å². The summed E-state index contributed by atoms with van der Waals surface area (Å²) < 4.78 is 2.36. The predicted octanol–water partition coefficient (Wildman–Crippen LogP) is 13.0. The van der Waals surface area contributed by atoms with E-state index in [2.05, 4.69) is 150 Å². The fourth-order valence-electron chi connectivity index (χ4n) is 7.49. The van der Waals surface area contributed by atoms with Crippen LogP contribution in [-0.4, -0.2) is 19.5 Å². The molecule has 0 spiro atoms. The maximum Gasteiger partial charge on any atom is 0.164 e. The fraction of sp³-hybridized carbons (Fsp3) is 0. The fourth-order valence-corrected chi connectivity index (χ4v) is 7.49. The summed E-state index contributed by atoms with van der Waals surface area (Å²) in [6.07, 6.45) is 0. The highest BCUT2D eigenvalue weighted by Gasteiger charge is 2.14. The number of rotatable bonds is 7. The van der Waals surface area contributed by atoms with E-state index in [1.54, 1.807) is 0 Å². The van der Waals surface area contributed by atoms with E-state index in [4.69, 9.17) is 15.0 Å². The zero-order valence-electron chi connectivity index (χ0n) is 29.9. The molecule has 0 unspecified atom stereocenters. The number of hydrogen-bond acceptors (Lipinski definition) is 3. The molecule has 258 valence electrons. The van der Waals surface area contributed by atoms with Crippen molar-refractivity contribution in [3.05, 3.63) is 206 Å². The summed E-state index contributed by atoms with van der Waals surface area (Å²) in [4.78, 5) is 14.7. The Hall–Kier alpha value is -7.43. The van der Waals surface area contributed by atoms with Crippen LogP contribution >= 0.6 is 0 Å². The van der Waals surface area contributed by atoms with Gasteiger partial charge in [-0.3, -0.25) is 0 Å². The van der Waals surface area contributed by atoms with Crippen LogP contribution in [0.5, 0.6) is 0 Å². The van der Waals surface area contributed by atoms with E-state index >= 15 is 0 Å². The van der Waals surface area contributed by atoms with Crippen LogP contribution in [-0.2, 0) is 0 Å². The molecule has 4 nitrogen and oxygen atoms in total. The highest BCUT2D eigenvalue weighted by Crippen LogP contribution is 2.34. The van der Waals surface area contributed by atoms with Crippen molar-refractivity contribution in [1.82, 2.24) is 19.5 Å². The van der Waals surface area contributed by atoms with E-state index in [1.165, 1.54) is 44.1 Å². The Bertz CT molecular complexity index is 2820. The van der Waals surface area contributed by atoms with E-state index in [-0.39, 0.29) is 0 Å². The molecule has 2 aromatic heterocycles. The molecule has 2 heterocycles. The minimum Gasteiger partial charge on any atom is -0.309 e. The Balaban J connectivity index is 0.903. The van der Waals surface area contributed by atoms with E-state index in [0.29, 0.717) is 17.5 Å². The van der Waals surface area contributed by atoms with E-state index < -0.39 is 0 Å². The molecule has 0 aliphatic heterocycles. The van der Waals surface area contributed by atoms with Crippen LogP contribution in [0.3, 0.4) is 0 Å². The Kier molecular flexibility index (Phi) is 8.12. The molecule has 0 atom stereocenters. The lowest BCUT2D eigenvalue weighted by atomic mass is 9.97. The minimum absolute atomic E-state index is 0.646. The van der Waals surface area contributed by atoms with Gasteiger partial charge in [-0.15, -0.1) is 0 Å². The van der Waals surface area contributed by atoms with Crippen molar-refractivity contribution in [2.24, 2.45) is 0 Å². The van der Waals surface area contributed by atoms with Gasteiger partial charge in [0.15, 0.2) is 17.5 Å². The molecule has 0 fully saturated rings. The molecule has 0 aliphatic carbocycles. The van der Waals surface area contributed by atoms with Gasteiger partial charge in [0.2, 0.25) is 0 Å². The maximum absolute atomic E-state index is 4.93. The van der Waals surface area contributed by atoms with Crippen molar-refractivity contribution >= 4 is 21.8 Å². The number of hydrogen-bond donors (Lipinski definition) is 0. The normalized spacial score (nSPS) is 11.3. The third kappa shape index (κ3) is 6.16. The predicted molar refractivity (Wildman–Crippen MR) is 227 cm³/mol. The molecule has 10 rings (SSSR count). The molecule has 0 radical (unpaired) electrons. The first-order chi connectivity index (χ1) is 27.2. The molecule has 0 N–H and O–H groups in total. The molecule has 0 saturated heterocycles. The summed E-state index contributed by atoms with van der Waals surface area (Å²) in [5, 5.41) is 2.54. The Morgan fingerprint density at radius 2 is 0.600 bits per heavy atom. The molecule has 0 aliphatic rings. The van der Waals surface area contributed by atoms with Crippen LogP contribution in [0.15, 0.2) is 206 Å². The maximum atomic E-state index is 4.93. The highest BCUT2D eigenvalue weighted by atomic mass is 15.0. The zero-order chi connectivity index (χ0) is 36.6. The Morgan fingerprint density at radius 1 is 0.255 bits per heavy atom. The Morgan fingerprint density at radius 3 is 1.07 bits per heavy atom. The van der Waals surface area contributed by atoms with Gasteiger partial charge in [-0.05, 0) is 63.7 Å². The van der Waals surface area contributed by atoms with Gasteiger partial charge in [0.05, 0.1) is 11.0 Å². The van der Waals surface area contributed by atoms with Gasteiger partial charge in [-0.2, -0.15) is 0 Å². The minimum atomic E-state index is 0.646. The van der Waals surface area contributed by atoms with Gasteiger partial charge >= 0.3 is 0 Å². The van der Waals surface area contributed by atoms with Crippen molar-refractivity contribution < 1.29 is 0 Å². The number of benzene rings is 8. The third-order valence-electron chi connectivity index (χ3n) is 10.3. The van der Waals surface area contributed by atoms with Crippen molar-refractivity contribution in [3.63, 3.8) is 0 Å². The lowest BCUT2D eigenvalue weighted by molar-refractivity contribution is 1.07. The second-order valence-electron chi connectivity index (χ2n) is 13.7. The largest absolute Gasteiger partial charge is 0.309 e. The number of para-hydroxylation sites is 2. The number of aromatic nitrogens is 4. The SMILES string of the molecule is c1ccc(-c2nc(-c3ccccc3)nc(-c3cccc(-c4ccc(-c5ccc(-c6ccc(-n7c8ccccc8c8ccccc87)cc6)cc5)cc4)c3)n2)cc1. The topological polar surface area (TPSA) is 43.6 Å². The van der Waals surface area contributed by atoms with Crippen molar-refractivity contribution in [2.45, 2.75) is 0 Å². The molecule has 8 aromatic carbocycles. The van der Waals surface area contributed by atoms with Crippen molar-refractivity contribution in [2.75, 3.05) is 0 Å². The summed E-state index contributed by atoms with van der Waals surface area (Å²) in [6, 6.07) is 72.4. The monoisotopic (exact) mass is 702 g/mol. The first-order valence-electron chi connectivity index (χ1n) is 18.5. The first-order valence-corrected chi connectivity index (χ1v) is 18.5. The van der Waals surface area contributed by atoms with Gasteiger partial charge in [-0.1, -0.05) is 176 Å². The van der Waals surface area contributed by atoms with E-state index in [9.17, 15) is 0 Å². The molecule has 0 amide bonds. The molecular formula is C51H34N4. The second-order valence-corrected chi connectivity index (χ2v) is 13.7. The lowest BCUT2D eigenvalue weighted by Crippen LogP contribution is -2.00. The zero-order valence-corrected chi connectivity index (χ0v) is 29.9. The van der Waals surface area contributed by atoms with E-state index in [0.717, 1.165) is 33.5 Å². The van der Waals surface area contributed by atoms with Crippen molar-refractivity contribution in [3.8, 4) is 73.2 Å². The van der Waals surface area contributed by atoms with Crippen LogP contribution in [0.1, 0.15) is 0 Å². The molecule has 0 saturated carbocycles. The summed E-state index contributed by atoms with van der Waals surface area (Å²) in [5.74, 6) is 1.95. The quantitative estimate of drug-likeness (QED) is 0.166. The highest BCUT2D eigenvalue weighted by molar-refractivity contribution is 6.09. The van der Waals surface area contributed by atoms with Crippen LogP contribution in [0.25, 0.3) is 95.0 Å². The van der Waals surface area contributed by atoms with Crippen LogP contribution in [0.2, 0.25) is 0 Å². The summed E-state index contributed by atoms with van der Waals surface area (Å²) in [7, 11) is 0.